The summed E-state index contributed by atoms with van der Waals surface area (Å²) in [6.07, 6.45) is 2.87. The molecule has 290 valence electrons. The Labute approximate surface area is 302 Å². The zero-order valence-corrected chi connectivity index (χ0v) is 34.9. The highest BCUT2D eigenvalue weighted by atomic mass is 28.5. The molecule has 0 amide bonds. The highest BCUT2D eigenvalue weighted by Gasteiger charge is 2.56. The summed E-state index contributed by atoms with van der Waals surface area (Å²) >= 11 is 0. The van der Waals surface area contributed by atoms with Crippen LogP contribution >= 0.6 is 0 Å². The van der Waals surface area contributed by atoms with Crippen molar-refractivity contribution in [3.8, 4) is 0 Å². The number of carbonyl (C=O) groups excluding carboxylic acids is 1. The van der Waals surface area contributed by atoms with Crippen molar-refractivity contribution in [3.63, 3.8) is 0 Å². The summed E-state index contributed by atoms with van der Waals surface area (Å²) in [4.78, 5) is 11.6. The van der Waals surface area contributed by atoms with Gasteiger partial charge in [0, 0.05) is 32.0 Å². The molecule has 0 aromatic rings. The van der Waals surface area contributed by atoms with Gasteiger partial charge < -0.3 is 59.5 Å². The first-order valence-electron chi connectivity index (χ1n) is 18.3. The molecule has 4 saturated heterocycles. The van der Waals surface area contributed by atoms with Gasteiger partial charge >= 0.3 is 40.2 Å². The van der Waals surface area contributed by atoms with Crippen LogP contribution in [0.3, 0.4) is 0 Å². The Morgan fingerprint density at radius 3 is 1.26 bits per heavy atom. The summed E-state index contributed by atoms with van der Waals surface area (Å²) in [6, 6.07) is 2.96. The van der Waals surface area contributed by atoms with Gasteiger partial charge in [-0.15, -0.1) is 0 Å². The molecule has 14 nitrogen and oxygen atoms in total. The predicted octanol–water partition coefficient (Wildman–Crippen LogP) is 3.66. The van der Waals surface area contributed by atoms with E-state index in [9.17, 15) is 9.90 Å². The lowest BCUT2D eigenvalue weighted by atomic mass is 10.3. The van der Waals surface area contributed by atoms with Crippen LogP contribution in [-0.4, -0.2) is 149 Å². The van der Waals surface area contributed by atoms with Gasteiger partial charge in [-0.1, -0.05) is 6.58 Å². The maximum atomic E-state index is 11.6. The number of hydrogen-bond donors (Lipinski definition) is 1. The van der Waals surface area contributed by atoms with Crippen LogP contribution in [0.5, 0.6) is 0 Å². The molecule has 0 spiro atoms. The second kappa shape index (κ2) is 20.3. The minimum Gasteiger partial charge on any atom is -0.460 e. The minimum atomic E-state index is -2.86. The van der Waals surface area contributed by atoms with Crippen molar-refractivity contribution >= 4 is 40.2 Å². The van der Waals surface area contributed by atoms with Gasteiger partial charge in [0.1, 0.15) is 31.0 Å². The lowest BCUT2D eigenvalue weighted by Crippen LogP contribution is -2.67. The van der Waals surface area contributed by atoms with Crippen LogP contribution in [0.2, 0.25) is 50.4 Å². The summed E-state index contributed by atoms with van der Waals surface area (Å²) in [5.41, 5.74) is 0.284. The number of rotatable bonds is 27. The first kappa shape index (κ1) is 42.3. The zero-order valence-electron chi connectivity index (χ0n) is 30.9. The summed E-state index contributed by atoms with van der Waals surface area (Å²) < 4.78 is 73.2. The lowest BCUT2D eigenvalue weighted by Gasteiger charge is -2.50. The van der Waals surface area contributed by atoms with Crippen molar-refractivity contribution in [2.45, 2.75) is 107 Å². The van der Waals surface area contributed by atoms with E-state index in [1.54, 1.807) is 6.92 Å². The lowest BCUT2D eigenvalue weighted by molar-refractivity contribution is -0.143. The molecule has 2 unspecified atom stereocenters. The molecule has 0 aromatic heterocycles. The van der Waals surface area contributed by atoms with E-state index in [1.807, 2.05) is 0 Å². The fourth-order valence-electron chi connectivity index (χ4n) is 6.00. The Hall–Kier alpha value is -0.402. The summed E-state index contributed by atoms with van der Waals surface area (Å²) in [5, 5.41) is 10.2. The van der Waals surface area contributed by atoms with Crippen molar-refractivity contribution < 1.29 is 64.3 Å². The van der Waals surface area contributed by atoms with Gasteiger partial charge in [0.05, 0.1) is 46.2 Å². The Kier molecular flexibility index (Phi) is 17.2. The number of epoxide rings is 3. The highest BCUT2D eigenvalue weighted by Crippen LogP contribution is 2.39. The SMILES string of the molecule is C=C(C)C(=O)OC[C@H](O)COCCC[Si]1(C)O[Si](C)(CCCOC[C@@H]2CO2)O[Si](C)(CCCOC[C@@H]2CO2)O[Si](C)(CCCOC[C@@H]2CO2)O1. The Morgan fingerprint density at radius 2 is 0.960 bits per heavy atom. The van der Waals surface area contributed by atoms with Gasteiger partial charge in [-0.3, -0.25) is 0 Å². The molecule has 0 radical (unpaired) electrons. The number of ether oxygens (including phenoxy) is 8. The van der Waals surface area contributed by atoms with Crippen molar-refractivity contribution in [1.82, 2.24) is 0 Å². The van der Waals surface area contributed by atoms with Gasteiger partial charge in [-0.25, -0.2) is 4.79 Å². The van der Waals surface area contributed by atoms with E-state index < -0.39 is 46.3 Å². The third kappa shape index (κ3) is 17.2. The Morgan fingerprint density at radius 1 is 0.640 bits per heavy atom. The van der Waals surface area contributed by atoms with Gasteiger partial charge in [0.15, 0.2) is 0 Å². The van der Waals surface area contributed by atoms with Gasteiger partial charge in [-0.2, -0.15) is 0 Å². The summed E-state index contributed by atoms with van der Waals surface area (Å²) in [5.74, 6) is -0.534. The first-order chi connectivity index (χ1) is 23.8. The third-order valence-electron chi connectivity index (χ3n) is 8.59. The number of carbonyl (C=O) groups is 1. The first-order valence-corrected chi connectivity index (χ1v) is 28.3. The van der Waals surface area contributed by atoms with Crippen molar-refractivity contribution in [2.24, 2.45) is 0 Å². The average Bonchev–Trinajstić information content (AvgIpc) is 3.87. The van der Waals surface area contributed by atoms with E-state index in [0.29, 0.717) is 58.7 Å². The van der Waals surface area contributed by atoms with E-state index in [4.69, 9.17) is 54.4 Å². The van der Waals surface area contributed by atoms with E-state index >= 15 is 0 Å². The number of aliphatic hydroxyl groups excluding tert-OH is 1. The van der Waals surface area contributed by atoms with E-state index in [0.717, 1.165) is 57.2 Å². The van der Waals surface area contributed by atoms with Crippen LogP contribution in [0, 0.1) is 0 Å². The quantitative estimate of drug-likeness (QED) is 0.0423. The molecule has 6 atom stereocenters. The fraction of sp³-hybridized carbons (Fsp3) is 0.906. The van der Waals surface area contributed by atoms with Crippen LogP contribution in [0.1, 0.15) is 32.6 Å². The molecule has 4 heterocycles. The maximum absolute atomic E-state index is 11.6. The maximum Gasteiger partial charge on any atom is 0.333 e. The van der Waals surface area contributed by atoms with Gasteiger partial charge in [0.2, 0.25) is 0 Å². The number of aliphatic hydroxyl groups is 1. The molecule has 0 saturated carbocycles. The van der Waals surface area contributed by atoms with Crippen molar-refractivity contribution in [2.75, 3.05) is 79.3 Å². The van der Waals surface area contributed by atoms with Crippen LogP contribution in [0.4, 0.5) is 0 Å². The predicted molar refractivity (Wildman–Crippen MR) is 193 cm³/mol. The molecular formula is C32H62O14Si4. The average molecular weight is 783 g/mol. The Balaban J connectivity index is 1.38. The van der Waals surface area contributed by atoms with Crippen molar-refractivity contribution in [1.29, 1.82) is 0 Å². The minimum absolute atomic E-state index is 0.0494. The van der Waals surface area contributed by atoms with Crippen LogP contribution in [0.25, 0.3) is 0 Å². The molecule has 0 aliphatic carbocycles. The molecule has 0 aromatic carbocycles. The Bertz CT molecular complexity index is 1010. The molecule has 18 heteroatoms. The standard InChI is InChI=1S/C32H62O14Si4/c1-27(2)32(34)42-20-28(33)19-35-11-7-15-47(3)43-48(4,16-8-12-36-21-29-24-39-29)45-50(6,18-10-14-38-23-31-26-41-31)46-49(5,44-47)17-9-13-37-22-30-25-40-30/h28-31,33H,1,7-26H2,2-6H3/t28-,29-,30-,31-,47?,48?,49?,50?/m1/s1. The zero-order chi connectivity index (χ0) is 36.1. The van der Waals surface area contributed by atoms with Crippen LogP contribution in [-0.2, 0) is 59.2 Å². The van der Waals surface area contributed by atoms with E-state index in [1.165, 1.54) is 0 Å². The summed E-state index contributed by atoms with van der Waals surface area (Å²) in [6.45, 7) is 20.0. The second-order valence-corrected chi connectivity index (χ2v) is 28.9. The molecule has 4 fully saturated rings. The largest absolute Gasteiger partial charge is 0.460 e. The molecule has 50 heavy (non-hydrogen) atoms. The molecule has 0 bridgehead atoms. The molecule has 4 aliphatic rings. The normalized spacial score (nSPS) is 34.1. The van der Waals surface area contributed by atoms with Crippen LogP contribution < -0.4 is 0 Å². The number of esters is 1. The smallest absolute Gasteiger partial charge is 0.333 e. The summed E-state index contributed by atoms with van der Waals surface area (Å²) in [7, 11) is -11.3. The van der Waals surface area contributed by atoms with Gasteiger partial charge in [-0.05, 0) is 83.0 Å². The molecule has 4 rings (SSSR count). The molecule has 1 N–H and O–H groups in total. The monoisotopic (exact) mass is 782 g/mol. The second-order valence-electron chi connectivity index (χ2n) is 14.6. The highest BCUT2D eigenvalue weighted by molar-refractivity contribution is 6.93. The molecule has 4 aliphatic heterocycles. The number of hydrogen-bond acceptors (Lipinski definition) is 14. The fourth-order valence-corrected chi connectivity index (χ4v) is 29.2. The van der Waals surface area contributed by atoms with E-state index in [2.05, 4.69) is 32.8 Å². The third-order valence-corrected chi connectivity index (χ3v) is 27.5. The van der Waals surface area contributed by atoms with Crippen molar-refractivity contribution in [3.05, 3.63) is 12.2 Å². The van der Waals surface area contributed by atoms with Crippen LogP contribution in [0.15, 0.2) is 12.2 Å². The van der Waals surface area contributed by atoms with Gasteiger partial charge in [0.25, 0.3) is 0 Å². The molecular weight excluding hydrogens is 721 g/mol. The van der Waals surface area contributed by atoms with E-state index in [-0.39, 0.29) is 37.1 Å². The topological polar surface area (TPSA) is 158 Å².